The Kier molecular flexibility index (Phi) is 3.36. The van der Waals surface area contributed by atoms with Crippen molar-refractivity contribution in [3.63, 3.8) is 0 Å². The first kappa shape index (κ1) is 13.4. The maximum absolute atomic E-state index is 6.37. The highest BCUT2D eigenvalue weighted by Crippen LogP contribution is 2.45. The maximum Gasteiger partial charge on any atom is 0.124 e. The van der Waals surface area contributed by atoms with E-state index in [1.54, 1.807) is 0 Å². The molecule has 0 saturated carbocycles. The zero-order valence-electron chi connectivity index (χ0n) is 11.4. The fraction of sp³-hybridized carbons (Fsp3) is 0.600. The summed E-state index contributed by atoms with van der Waals surface area (Å²) in [5.41, 5.74) is 7.32. The van der Waals surface area contributed by atoms with Crippen molar-refractivity contribution in [2.45, 2.75) is 57.0 Å². The smallest absolute Gasteiger partial charge is 0.124 e. The van der Waals surface area contributed by atoms with Crippen LogP contribution in [0.4, 0.5) is 0 Å². The largest absolute Gasteiger partial charge is 0.487 e. The van der Waals surface area contributed by atoms with Crippen molar-refractivity contribution in [1.82, 2.24) is 0 Å². The minimum atomic E-state index is -0.155. The Morgan fingerprint density at radius 2 is 1.89 bits per heavy atom. The highest BCUT2D eigenvalue weighted by molar-refractivity contribution is 9.10. The lowest BCUT2D eigenvalue weighted by atomic mass is 9.79. The van der Waals surface area contributed by atoms with Gasteiger partial charge in [-0.2, -0.15) is 0 Å². The Bertz CT molecular complexity index is 481. The SMILES string of the molecule is CC1CC2(CC(C)O1)CC(N)c1cc(Br)ccc1O2. The molecule has 3 unspecified atom stereocenters. The Balaban J connectivity index is 1.94. The van der Waals surface area contributed by atoms with Gasteiger partial charge in [0.15, 0.2) is 0 Å². The molecule has 19 heavy (non-hydrogen) atoms. The maximum atomic E-state index is 6.37. The van der Waals surface area contributed by atoms with Crippen LogP contribution in [0.1, 0.15) is 44.7 Å². The van der Waals surface area contributed by atoms with Gasteiger partial charge in [0, 0.05) is 35.3 Å². The molecule has 0 aliphatic carbocycles. The molecule has 2 aliphatic heterocycles. The first-order chi connectivity index (χ1) is 8.97. The van der Waals surface area contributed by atoms with Gasteiger partial charge in [-0.15, -0.1) is 0 Å². The molecular formula is C15H20BrNO2. The summed E-state index contributed by atoms with van der Waals surface area (Å²) in [5.74, 6) is 0.934. The van der Waals surface area contributed by atoms with E-state index >= 15 is 0 Å². The second kappa shape index (κ2) is 4.76. The first-order valence-corrected chi connectivity index (χ1v) is 7.66. The Morgan fingerprint density at radius 3 is 2.58 bits per heavy atom. The molecule has 0 amide bonds. The predicted octanol–water partition coefficient (Wildman–Crippen LogP) is 3.56. The van der Waals surface area contributed by atoms with Crippen LogP contribution in [0.25, 0.3) is 0 Å². The van der Waals surface area contributed by atoms with Gasteiger partial charge < -0.3 is 15.2 Å². The Labute approximate surface area is 122 Å². The van der Waals surface area contributed by atoms with E-state index < -0.39 is 0 Å². The summed E-state index contributed by atoms with van der Waals surface area (Å²) in [5, 5.41) is 0. The fourth-order valence-corrected chi connectivity index (χ4v) is 3.94. The molecule has 2 N–H and O–H groups in total. The quantitative estimate of drug-likeness (QED) is 0.793. The third-order valence-corrected chi connectivity index (χ3v) is 4.57. The van der Waals surface area contributed by atoms with Gasteiger partial charge in [-0.3, -0.25) is 0 Å². The summed E-state index contributed by atoms with van der Waals surface area (Å²) in [7, 11) is 0. The van der Waals surface area contributed by atoms with Crippen molar-refractivity contribution < 1.29 is 9.47 Å². The van der Waals surface area contributed by atoms with E-state index in [0.717, 1.165) is 35.0 Å². The van der Waals surface area contributed by atoms with Crippen molar-refractivity contribution in [2.24, 2.45) is 5.73 Å². The molecule has 3 atom stereocenters. The number of fused-ring (bicyclic) bond motifs is 1. The van der Waals surface area contributed by atoms with Crippen molar-refractivity contribution in [1.29, 1.82) is 0 Å². The fourth-order valence-electron chi connectivity index (χ4n) is 3.56. The van der Waals surface area contributed by atoms with Gasteiger partial charge in [0.25, 0.3) is 0 Å². The molecule has 3 nitrogen and oxygen atoms in total. The molecule has 2 heterocycles. The number of rotatable bonds is 0. The van der Waals surface area contributed by atoms with E-state index in [2.05, 4.69) is 35.8 Å². The van der Waals surface area contributed by atoms with Crippen molar-refractivity contribution >= 4 is 15.9 Å². The van der Waals surface area contributed by atoms with E-state index in [1.165, 1.54) is 0 Å². The second-order valence-electron chi connectivity index (χ2n) is 5.94. The number of benzene rings is 1. The molecule has 4 heteroatoms. The lowest BCUT2D eigenvalue weighted by Crippen LogP contribution is -2.51. The molecule has 104 valence electrons. The number of ether oxygens (including phenoxy) is 2. The van der Waals surface area contributed by atoms with E-state index in [4.69, 9.17) is 15.2 Å². The summed E-state index contributed by atoms with van der Waals surface area (Å²) in [6.07, 6.45) is 3.16. The molecule has 0 aromatic heterocycles. The van der Waals surface area contributed by atoms with Gasteiger partial charge in [0.2, 0.25) is 0 Å². The van der Waals surface area contributed by atoms with Crippen molar-refractivity contribution in [3.8, 4) is 5.75 Å². The normalized spacial score (nSPS) is 37.8. The lowest BCUT2D eigenvalue weighted by molar-refractivity contribution is -0.129. The minimum Gasteiger partial charge on any atom is -0.487 e. The van der Waals surface area contributed by atoms with Crippen LogP contribution < -0.4 is 10.5 Å². The Morgan fingerprint density at radius 1 is 1.21 bits per heavy atom. The first-order valence-electron chi connectivity index (χ1n) is 6.87. The number of hydrogen-bond acceptors (Lipinski definition) is 3. The summed E-state index contributed by atoms with van der Waals surface area (Å²) >= 11 is 3.49. The molecule has 1 saturated heterocycles. The van der Waals surface area contributed by atoms with Gasteiger partial charge in [-0.25, -0.2) is 0 Å². The topological polar surface area (TPSA) is 44.5 Å². The molecule has 1 spiro atoms. The number of halogens is 1. The van der Waals surface area contributed by atoms with E-state index in [9.17, 15) is 0 Å². The van der Waals surface area contributed by atoms with Crippen LogP contribution in [0.2, 0.25) is 0 Å². The highest BCUT2D eigenvalue weighted by Gasteiger charge is 2.45. The lowest BCUT2D eigenvalue weighted by Gasteiger charge is -2.47. The second-order valence-corrected chi connectivity index (χ2v) is 6.86. The van der Waals surface area contributed by atoms with Gasteiger partial charge in [0.05, 0.1) is 12.2 Å². The van der Waals surface area contributed by atoms with Crippen LogP contribution in [0.15, 0.2) is 22.7 Å². The van der Waals surface area contributed by atoms with Gasteiger partial charge in [-0.1, -0.05) is 15.9 Å². The van der Waals surface area contributed by atoms with Gasteiger partial charge in [-0.05, 0) is 32.0 Å². The van der Waals surface area contributed by atoms with Crippen molar-refractivity contribution in [2.75, 3.05) is 0 Å². The average Bonchev–Trinajstić information content (AvgIpc) is 2.28. The molecule has 1 fully saturated rings. The molecule has 3 rings (SSSR count). The van der Waals surface area contributed by atoms with Crippen LogP contribution >= 0.6 is 15.9 Å². The van der Waals surface area contributed by atoms with Crippen LogP contribution in [0, 0.1) is 0 Å². The molecule has 0 bridgehead atoms. The molecule has 0 radical (unpaired) electrons. The van der Waals surface area contributed by atoms with E-state index in [0.29, 0.717) is 0 Å². The van der Waals surface area contributed by atoms with Crippen molar-refractivity contribution in [3.05, 3.63) is 28.2 Å². The standard InChI is InChI=1S/C15H20BrNO2/c1-9-6-15(7-10(2)18-9)8-13(17)12-5-11(16)3-4-14(12)19-15/h3-5,9-10,13H,6-8,17H2,1-2H3. The summed E-state index contributed by atoms with van der Waals surface area (Å²) in [4.78, 5) is 0. The molecule has 2 aliphatic rings. The van der Waals surface area contributed by atoms with Crippen LogP contribution in [0.5, 0.6) is 5.75 Å². The monoisotopic (exact) mass is 325 g/mol. The molecular weight excluding hydrogens is 306 g/mol. The highest BCUT2D eigenvalue weighted by atomic mass is 79.9. The van der Waals surface area contributed by atoms with Crippen LogP contribution in [0.3, 0.4) is 0 Å². The number of hydrogen-bond donors (Lipinski definition) is 1. The third kappa shape index (κ3) is 2.54. The van der Waals surface area contributed by atoms with Gasteiger partial charge in [0.1, 0.15) is 11.4 Å². The predicted molar refractivity (Wildman–Crippen MR) is 78.3 cm³/mol. The van der Waals surface area contributed by atoms with Gasteiger partial charge >= 0.3 is 0 Å². The van der Waals surface area contributed by atoms with Crippen LogP contribution in [-0.4, -0.2) is 17.8 Å². The van der Waals surface area contributed by atoms with E-state index in [1.807, 2.05) is 12.1 Å². The van der Waals surface area contributed by atoms with Crippen LogP contribution in [-0.2, 0) is 4.74 Å². The summed E-state index contributed by atoms with van der Waals surface area (Å²) in [6.45, 7) is 4.23. The number of nitrogens with two attached hydrogens (primary N) is 1. The minimum absolute atomic E-state index is 0.0405. The zero-order valence-corrected chi connectivity index (χ0v) is 12.9. The molecule has 1 aromatic rings. The average molecular weight is 326 g/mol. The molecule has 1 aromatic carbocycles. The third-order valence-electron chi connectivity index (χ3n) is 4.07. The summed E-state index contributed by atoms with van der Waals surface area (Å²) in [6, 6.07) is 6.14. The summed E-state index contributed by atoms with van der Waals surface area (Å²) < 4.78 is 13.2. The van der Waals surface area contributed by atoms with E-state index in [-0.39, 0.29) is 23.9 Å². The zero-order chi connectivity index (χ0) is 13.6. The Hall–Kier alpha value is -0.580.